The lowest BCUT2D eigenvalue weighted by atomic mass is 10.2. The number of aromatic nitrogens is 3. The highest BCUT2D eigenvalue weighted by Crippen LogP contribution is 2.33. The van der Waals surface area contributed by atoms with E-state index in [4.69, 9.17) is 9.72 Å². The Morgan fingerprint density at radius 2 is 1.74 bits per heavy atom. The molecule has 0 amide bonds. The van der Waals surface area contributed by atoms with Gasteiger partial charge in [0.2, 0.25) is 0 Å². The van der Waals surface area contributed by atoms with Gasteiger partial charge < -0.3 is 4.74 Å². The predicted molar refractivity (Wildman–Crippen MR) is 131 cm³/mol. The molecule has 0 fully saturated rings. The fourth-order valence-electron chi connectivity index (χ4n) is 3.52. The Balaban J connectivity index is 1.53. The topological polar surface area (TPSA) is 39.9 Å². The molecule has 4 rings (SSSR count). The SMILES string of the molecule is CCOC(C)n1c(SCc2nccc(SCc3ccccc3)c2C)nc2ccccc21. The van der Waals surface area contributed by atoms with Crippen LogP contribution in [0.1, 0.15) is 36.9 Å². The third-order valence-electron chi connectivity index (χ3n) is 5.17. The minimum atomic E-state index is -0.0679. The van der Waals surface area contributed by atoms with Gasteiger partial charge in [-0.15, -0.1) is 11.8 Å². The second kappa shape index (κ2) is 10.4. The quantitative estimate of drug-likeness (QED) is 0.260. The first-order chi connectivity index (χ1) is 15.2. The average Bonchev–Trinajstić information content (AvgIpc) is 3.17. The van der Waals surface area contributed by atoms with Crippen molar-refractivity contribution in [2.24, 2.45) is 0 Å². The van der Waals surface area contributed by atoms with Crippen molar-refractivity contribution in [3.8, 4) is 0 Å². The summed E-state index contributed by atoms with van der Waals surface area (Å²) >= 11 is 3.58. The molecular weight excluding hydrogens is 422 g/mol. The van der Waals surface area contributed by atoms with E-state index in [1.54, 1.807) is 11.8 Å². The van der Waals surface area contributed by atoms with Crippen LogP contribution in [-0.4, -0.2) is 21.1 Å². The van der Waals surface area contributed by atoms with Gasteiger partial charge in [0.1, 0.15) is 6.23 Å². The van der Waals surface area contributed by atoms with Gasteiger partial charge in [-0.2, -0.15) is 0 Å². The van der Waals surface area contributed by atoms with Crippen LogP contribution in [0.3, 0.4) is 0 Å². The lowest BCUT2D eigenvalue weighted by Crippen LogP contribution is -2.10. The molecule has 0 spiro atoms. The van der Waals surface area contributed by atoms with Crippen molar-refractivity contribution < 1.29 is 4.74 Å². The van der Waals surface area contributed by atoms with Gasteiger partial charge in [0.25, 0.3) is 0 Å². The van der Waals surface area contributed by atoms with Crippen molar-refractivity contribution in [3.63, 3.8) is 0 Å². The maximum atomic E-state index is 5.89. The molecule has 6 heteroatoms. The van der Waals surface area contributed by atoms with Crippen molar-refractivity contribution >= 4 is 34.6 Å². The maximum absolute atomic E-state index is 5.89. The van der Waals surface area contributed by atoms with Crippen LogP contribution >= 0.6 is 23.5 Å². The molecule has 160 valence electrons. The van der Waals surface area contributed by atoms with Gasteiger partial charge in [-0.3, -0.25) is 9.55 Å². The second-order valence-corrected chi connectivity index (χ2v) is 9.21. The molecule has 1 atom stereocenters. The van der Waals surface area contributed by atoms with Crippen LogP contribution < -0.4 is 0 Å². The summed E-state index contributed by atoms with van der Waals surface area (Å²) in [7, 11) is 0. The van der Waals surface area contributed by atoms with Crippen LogP contribution in [0.5, 0.6) is 0 Å². The molecule has 2 aromatic heterocycles. The van der Waals surface area contributed by atoms with Crippen molar-refractivity contribution in [2.75, 3.05) is 6.61 Å². The Labute approximate surface area is 192 Å². The molecule has 0 N–H and O–H groups in total. The molecule has 0 radical (unpaired) electrons. The van der Waals surface area contributed by atoms with Gasteiger partial charge in [0, 0.05) is 29.2 Å². The minimum Gasteiger partial charge on any atom is -0.359 e. The summed E-state index contributed by atoms with van der Waals surface area (Å²) in [5, 5.41) is 0.964. The van der Waals surface area contributed by atoms with E-state index in [2.05, 4.69) is 71.9 Å². The zero-order chi connectivity index (χ0) is 21.6. The van der Waals surface area contributed by atoms with E-state index >= 15 is 0 Å². The minimum absolute atomic E-state index is 0.0679. The van der Waals surface area contributed by atoms with Gasteiger partial charge in [-0.25, -0.2) is 4.98 Å². The van der Waals surface area contributed by atoms with Crippen LogP contribution in [0.25, 0.3) is 11.0 Å². The number of pyridine rings is 1. The standard InChI is InChI=1S/C25H27N3OS2/c1-4-29-19(3)28-23-13-9-8-12-21(23)27-25(28)31-17-22-18(2)24(14-15-26-22)30-16-20-10-6-5-7-11-20/h5-15,19H,4,16-17H2,1-3H3. The number of hydrogen-bond donors (Lipinski definition) is 0. The molecular formula is C25H27N3OS2. The molecule has 0 bridgehead atoms. The van der Waals surface area contributed by atoms with Crippen LogP contribution in [0.4, 0.5) is 0 Å². The summed E-state index contributed by atoms with van der Waals surface area (Å²) in [5.41, 5.74) is 5.77. The van der Waals surface area contributed by atoms with Gasteiger partial charge in [-0.1, -0.05) is 54.2 Å². The molecule has 4 nitrogen and oxygen atoms in total. The van der Waals surface area contributed by atoms with E-state index < -0.39 is 0 Å². The molecule has 0 saturated carbocycles. The van der Waals surface area contributed by atoms with E-state index in [1.165, 1.54) is 16.0 Å². The van der Waals surface area contributed by atoms with E-state index in [0.717, 1.165) is 33.4 Å². The van der Waals surface area contributed by atoms with E-state index in [9.17, 15) is 0 Å². The van der Waals surface area contributed by atoms with Crippen molar-refractivity contribution in [3.05, 3.63) is 83.7 Å². The lowest BCUT2D eigenvalue weighted by molar-refractivity contribution is 0.0219. The number of ether oxygens (including phenoxy) is 1. The lowest BCUT2D eigenvalue weighted by Gasteiger charge is -2.17. The van der Waals surface area contributed by atoms with Crippen LogP contribution in [-0.2, 0) is 16.2 Å². The summed E-state index contributed by atoms with van der Waals surface area (Å²) in [6, 6.07) is 20.9. The third kappa shape index (κ3) is 5.14. The van der Waals surface area contributed by atoms with Crippen molar-refractivity contribution in [1.82, 2.24) is 14.5 Å². The molecule has 2 aromatic carbocycles. The average molecular weight is 450 g/mol. The molecule has 31 heavy (non-hydrogen) atoms. The van der Waals surface area contributed by atoms with Gasteiger partial charge in [0.15, 0.2) is 5.16 Å². The highest BCUT2D eigenvalue weighted by Gasteiger charge is 2.17. The predicted octanol–water partition coefficient (Wildman–Crippen LogP) is 6.88. The zero-order valence-corrected chi connectivity index (χ0v) is 19.7. The molecule has 0 aliphatic carbocycles. The monoisotopic (exact) mass is 449 g/mol. The molecule has 0 aliphatic heterocycles. The third-order valence-corrected chi connectivity index (χ3v) is 7.36. The number of benzene rings is 2. The molecule has 0 saturated heterocycles. The molecule has 4 aromatic rings. The smallest absolute Gasteiger partial charge is 0.171 e. The first-order valence-electron chi connectivity index (χ1n) is 10.5. The largest absolute Gasteiger partial charge is 0.359 e. The zero-order valence-electron chi connectivity index (χ0n) is 18.1. The Morgan fingerprint density at radius 3 is 2.55 bits per heavy atom. The molecule has 2 heterocycles. The fraction of sp³-hybridized carbons (Fsp3) is 0.280. The number of para-hydroxylation sites is 2. The normalized spacial score (nSPS) is 12.4. The summed E-state index contributed by atoms with van der Waals surface area (Å²) in [5.74, 6) is 1.73. The van der Waals surface area contributed by atoms with Crippen molar-refractivity contribution in [1.29, 1.82) is 0 Å². The van der Waals surface area contributed by atoms with Crippen molar-refractivity contribution in [2.45, 2.75) is 48.6 Å². The van der Waals surface area contributed by atoms with E-state index in [1.807, 2.05) is 37.0 Å². The Bertz CT molecular complexity index is 1140. The van der Waals surface area contributed by atoms with Gasteiger partial charge >= 0.3 is 0 Å². The first-order valence-corrected chi connectivity index (χ1v) is 12.5. The summed E-state index contributed by atoms with van der Waals surface area (Å²) in [6.45, 7) is 6.93. The Kier molecular flexibility index (Phi) is 7.33. The fourth-order valence-corrected chi connectivity index (χ4v) is 5.63. The Morgan fingerprint density at radius 1 is 0.968 bits per heavy atom. The number of fused-ring (bicyclic) bond motifs is 1. The highest BCUT2D eigenvalue weighted by atomic mass is 32.2. The number of nitrogens with zero attached hydrogens (tertiary/aromatic N) is 3. The number of thioether (sulfide) groups is 2. The maximum Gasteiger partial charge on any atom is 0.171 e. The van der Waals surface area contributed by atoms with Crippen LogP contribution in [0.15, 0.2) is 76.9 Å². The van der Waals surface area contributed by atoms with E-state index in [-0.39, 0.29) is 6.23 Å². The summed E-state index contributed by atoms with van der Waals surface area (Å²) in [6.07, 6.45) is 1.85. The number of imidazole rings is 1. The van der Waals surface area contributed by atoms with Crippen LogP contribution in [0.2, 0.25) is 0 Å². The van der Waals surface area contributed by atoms with Gasteiger partial charge in [0.05, 0.1) is 16.7 Å². The van der Waals surface area contributed by atoms with Gasteiger partial charge in [-0.05, 0) is 50.1 Å². The summed E-state index contributed by atoms with van der Waals surface area (Å²) in [4.78, 5) is 10.8. The number of rotatable bonds is 9. The van der Waals surface area contributed by atoms with E-state index in [0.29, 0.717) is 6.61 Å². The van der Waals surface area contributed by atoms with Crippen LogP contribution in [0, 0.1) is 6.92 Å². The molecule has 1 unspecified atom stereocenters. The second-order valence-electron chi connectivity index (χ2n) is 7.25. The Hall–Kier alpha value is -2.28. The highest BCUT2D eigenvalue weighted by molar-refractivity contribution is 7.98. The first kappa shape index (κ1) is 21.9. The summed E-state index contributed by atoms with van der Waals surface area (Å²) < 4.78 is 8.08. The molecule has 0 aliphatic rings. The number of hydrogen-bond acceptors (Lipinski definition) is 5.